The number of carbonyl (C=O) groups excluding carboxylic acids is 1. The molecule has 164 valence electrons. The Morgan fingerprint density at radius 3 is 2.53 bits per heavy atom. The summed E-state index contributed by atoms with van der Waals surface area (Å²) in [4.78, 5) is 22.5. The van der Waals surface area contributed by atoms with Crippen molar-refractivity contribution in [2.24, 2.45) is 0 Å². The summed E-state index contributed by atoms with van der Waals surface area (Å²) in [6, 6.07) is 15.9. The lowest BCUT2D eigenvalue weighted by molar-refractivity contribution is 0.0672. The Balaban J connectivity index is 1.52. The molecule has 1 saturated heterocycles. The highest BCUT2D eigenvalue weighted by Gasteiger charge is 2.31. The van der Waals surface area contributed by atoms with Crippen LogP contribution in [0.5, 0.6) is 0 Å². The molecular weight excluding hydrogens is 400 g/mol. The molecule has 0 saturated carbocycles. The van der Waals surface area contributed by atoms with Gasteiger partial charge in [-0.25, -0.2) is 9.38 Å². The van der Waals surface area contributed by atoms with Gasteiger partial charge < -0.3 is 9.80 Å². The number of benzene rings is 2. The molecule has 1 atom stereocenters. The van der Waals surface area contributed by atoms with E-state index in [9.17, 15) is 4.79 Å². The summed E-state index contributed by atoms with van der Waals surface area (Å²) < 4.78 is 2.10. The van der Waals surface area contributed by atoms with E-state index in [1.165, 1.54) is 0 Å². The van der Waals surface area contributed by atoms with E-state index in [4.69, 9.17) is 4.98 Å². The first-order valence-corrected chi connectivity index (χ1v) is 11.2. The molecule has 1 aliphatic heterocycles. The highest BCUT2D eigenvalue weighted by Crippen LogP contribution is 2.28. The van der Waals surface area contributed by atoms with Gasteiger partial charge in [0.1, 0.15) is 5.82 Å². The smallest absolute Gasteiger partial charge is 0.254 e. The van der Waals surface area contributed by atoms with Gasteiger partial charge in [-0.1, -0.05) is 44.2 Å². The van der Waals surface area contributed by atoms with Gasteiger partial charge in [0.25, 0.3) is 5.91 Å². The first-order chi connectivity index (χ1) is 15.5. The highest BCUT2D eigenvalue weighted by molar-refractivity contribution is 5.96. The monoisotopic (exact) mass is 428 g/mol. The molecule has 1 fully saturated rings. The Labute approximate surface area is 187 Å². The topological polar surface area (TPSA) is 66.6 Å². The Kier molecular flexibility index (Phi) is 5.04. The Morgan fingerprint density at radius 1 is 1.03 bits per heavy atom. The van der Waals surface area contributed by atoms with Crippen molar-refractivity contribution in [3.8, 4) is 0 Å². The van der Waals surface area contributed by atoms with E-state index in [0.717, 1.165) is 39.4 Å². The molecule has 3 heterocycles. The number of para-hydroxylation sites is 1. The molecule has 0 radical (unpaired) electrons. The maximum absolute atomic E-state index is 13.2. The van der Waals surface area contributed by atoms with Crippen LogP contribution < -0.4 is 4.90 Å². The van der Waals surface area contributed by atoms with E-state index in [0.29, 0.717) is 19.6 Å². The second kappa shape index (κ2) is 7.89. The second-order valence-corrected chi connectivity index (χ2v) is 8.91. The van der Waals surface area contributed by atoms with Crippen molar-refractivity contribution in [2.75, 3.05) is 24.5 Å². The number of rotatable bonds is 3. The van der Waals surface area contributed by atoms with E-state index in [1.54, 1.807) is 0 Å². The zero-order chi connectivity index (χ0) is 22.4. The van der Waals surface area contributed by atoms with Gasteiger partial charge in [-0.3, -0.25) is 4.79 Å². The standard InChI is InChI=1S/C25H28N6O/c1-16(2)22-27-28-23-20-11-7-8-12-21(20)26-25(31(22)23)29-13-14-30(18(4)15-29)24(32)19-10-6-5-9-17(19)3/h5-12,16,18H,13-15H2,1-4H3. The molecule has 0 aliphatic carbocycles. The summed E-state index contributed by atoms with van der Waals surface area (Å²) in [6.45, 7) is 10.4. The predicted molar refractivity (Wildman–Crippen MR) is 126 cm³/mol. The molecule has 1 unspecified atom stereocenters. The Bertz CT molecular complexity index is 1310. The molecule has 0 N–H and O–H groups in total. The summed E-state index contributed by atoms with van der Waals surface area (Å²) >= 11 is 0. The second-order valence-electron chi connectivity index (χ2n) is 8.91. The molecule has 0 spiro atoms. The predicted octanol–water partition coefficient (Wildman–Crippen LogP) is 4.06. The van der Waals surface area contributed by atoms with Crippen LogP contribution in [0.2, 0.25) is 0 Å². The van der Waals surface area contributed by atoms with Gasteiger partial charge in [-0.15, -0.1) is 10.2 Å². The summed E-state index contributed by atoms with van der Waals surface area (Å²) in [5.74, 6) is 2.06. The minimum atomic E-state index is 0.0538. The van der Waals surface area contributed by atoms with Crippen molar-refractivity contribution >= 4 is 28.4 Å². The molecule has 32 heavy (non-hydrogen) atoms. The van der Waals surface area contributed by atoms with Crippen molar-refractivity contribution in [3.63, 3.8) is 0 Å². The highest BCUT2D eigenvalue weighted by atomic mass is 16.2. The molecule has 1 amide bonds. The minimum absolute atomic E-state index is 0.0538. The third-order valence-electron chi connectivity index (χ3n) is 6.32. The Hall–Kier alpha value is -3.48. The van der Waals surface area contributed by atoms with Crippen molar-refractivity contribution in [1.82, 2.24) is 24.5 Å². The number of hydrogen-bond acceptors (Lipinski definition) is 5. The average Bonchev–Trinajstić information content (AvgIpc) is 3.24. The molecule has 5 rings (SSSR count). The molecule has 0 bridgehead atoms. The molecule has 2 aromatic heterocycles. The number of nitrogens with zero attached hydrogens (tertiary/aromatic N) is 6. The van der Waals surface area contributed by atoms with Crippen LogP contribution in [-0.4, -0.2) is 56.1 Å². The van der Waals surface area contributed by atoms with Gasteiger partial charge in [0.15, 0.2) is 5.65 Å². The van der Waals surface area contributed by atoms with Crippen LogP contribution in [0.4, 0.5) is 5.95 Å². The minimum Gasteiger partial charge on any atom is -0.338 e. The fraction of sp³-hybridized carbons (Fsp3) is 0.360. The maximum Gasteiger partial charge on any atom is 0.254 e. The number of hydrogen-bond donors (Lipinski definition) is 0. The quantitative estimate of drug-likeness (QED) is 0.492. The normalized spacial score (nSPS) is 17.0. The SMILES string of the molecule is Cc1ccccc1C(=O)N1CCN(c2nc3ccccc3c3nnc(C(C)C)n23)CC1C. The fourth-order valence-corrected chi connectivity index (χ4v) is 4.58. The van der Waals surface area contributed by atoms with Gasteiger partial charge in [0.2, 0.25) is 5.95 Å². The lowest BCUT2D eigenvalue weighted by atomic mass is 10.1. The zero-order valence-corrected chi connectivity index (χ0v) is 19.0. The number of aromatic nitrogens is 4. The van der Waals surface area contributed by atoms with Crippen LogP contribution in [0, 0.1) is 6.92 Å². The largest absolute Gasteiger partial charge is 0.338 e. The number of anilines is 1. The molecule has 1 aliphatic rings. The van der Waals surface area contributed by atoms with Crippen LogP contribution in [0.1, 0.15) is 48.4 Å². The van der Waals surface area contributed by atoms with E-state index < -0.39 is 0 Å². The van der Waals surface area contributed by atoms with Crippen LogP contribution >= 0.6 is 0 Å². The summed E-state index contributed by atoms with van der Waals surface area (Å²) in [5, 5.41) is 10.0. The van der Waals surface area contributed by atoms with Crippen molar-refractivity contribution < 1.29 is 4.79 Å². The van der Waals surface area contributed by atoms with E-state index in [2.05, 4.69) is 40.3 Å². The van der Waals surface area contributed by atoms with Crippen molar-refractivity contribution in [2.45, 2.75) is 39.7 Å². The fourth-order valence-electron chi connectivity index (χ4n) is 4.58. The number of carbonyl (C=O) groups is 1. The van der Waals surface area contributed by atoms with Crippen LogP contribution in [-0.2, 0) is 0 Å². The van der Waals surface area contributed by atoms with Crippen molar-refractivity contribution in [1.29, 1.82) is 0 Å². The van der Waals surface area contributed by atoms with Gasteiger partial charge in [-0.2, -0.15) is 0 Å². The van der Waals surface area contributed by atoms with Gasteiger partial charge in [0.05, 0.1) is 5.52 Å². The van der Waals surface area contributed by atoms with Crippen LogP contribution in [0.25, 0.3) is 16.6 Å². The first kappa shape index (κ1) is 20.4. The third kappa shape index (κ3) is 3.28. The first-order valence-electron chi connectivity index (χ1n) is 11.2. The maximum atomic E-state index is 13.2. The average molecular weight is 429 g/mol. The van der Waals surface area contributed by atoms with Crippen LogP contribution in [0.15, 0.2) is 48.5 Å². The third-order valence-corrected chi connectivity index (χ3v) is 6.32. The number of amides is 1. The van der Waals surface area contributed by atoms with Gasteiger partial charge >= 0.3 is 0 Å². The van der Waals surface area contributed by atoms with E-state index >= 15 is 0 Å². The van der Waals surface area contributed by atoms with Crippen molar-refractivity contribution in [3.05, 3.63) is 65.5 Å². The number of piperazine rings is 1. The number of fused-ring (bicyclic) bond motifs is 3. The zero-order valence-electron chi connectivity index (χ0n) is 19.0. The summed E-state index contributed by atoms with van der Waals surface area (Å²) in [5.41, 5.74) is 3.53. The molecule has 7 heteroatoms. The van der Waals surface area contributed by atoms with E-state index in [-0.39, 0.29) is 17.9 Å². The van der Waals surface area contributed by atoms with E-state index in [1.807, 2.05) is 60.4 Å². The van der Waals surface area contributed by atoms with Gasteiger partial charge in [0, 0.05) is 42.5 Å². The summed E-state index contributed by atoms with van der Waals surface area (Å²) in [7, 11) is 0. The summed E-state index contributed by atoms with van der Waals surface area (Å²) in [6.07, 6.45) is 0. The molecular formula is C25H28N6O. The lowest BCUT2D eigenvalue weighted by Gasteiger charge is -2.40. The van der Waals surface area contributed by atoms with Crippen LogP contribution in [0.3, 0.4) is 0 Å². The Morgan fingerprint density at radius 2 is 1.78 bits per heavy atom. The molecule has 7 nitrogen and oxygen atoms in total. The van der Waals surface area contributed by atoms with Gasteiger partial charge in [-0.05, 0) is 37.6 Å². The molecule has 2 aromatic carbocycles. The molecule has 4 aromatic rings. The number of aryl methyl sites for hydroxylation is 1. The lowest BCUT2D eigenvalue weighted by Crippen LogP contribution is -2.54.